The van der Waals surface area contributed by atoms with Crippen molar-refractivity contribution in [1.82, 2.24) is 14.8 Å². The lowest BCUT2D eigenvalue weighted by molar-refractivity contribution is 0.168. The molecule has 0 radical (unpaired) electrons. The molecule has 2 N–H and O–H groups in total. The third kappa shape index (κ3) is 2.64. The molecular formula is C12H19N5O. The monoisotopic (exact) mass is 249 g/mol. The van der Waals surface area contributed by atoms with E-state index in [1.54, 1.807) is 25.2 Å². The third-order valence-corrected chi connectivity index (χ3v) is 3.03. The number of hydrogen-bond acceptors (Lipinski definition) is 4. The number of amides is 2. The van der Waals surface area contributed by atoms with Crippen molar-refractivity contribution in [3.8, 4) is 0 Å². The largest absolute Gasteiger partial charge is 0.397 e. The van der Waals surface area contributed by atoms with Crippen LogP contribution in [0.25, 0.3) is 0 Å². The van der Waals surface area contributed by atoms with E-state index in [0.717, 1.165) is 32.0 Å². The summed E-state index contributed by atoms with van der Waals surface area (Å²) in [6.07, 6.45) is 1.66. The molecule has 0 unspecified atom stereocenters. The number of pyridine rings is 1. The van der Waals surface area contributed by atoms with Crippen molar-refractivity contribution in [3.05, 3.63) is 18.3 Å². The van der Waals surface area contributed by atoms with Crippen LogP contribution in [0.2, 0.25) is 0 Å². The SMILES string of the molecule is CN(C)C(=O)N1CCN(c2ccc(N)cn2)CC1. The third-order valence-electron chi connectivity index (χ3n) is 3.03. The molecular weight excluding hydrogens is 230 g/mol. The smallest absolute Gasteiger partial charge is 0.319 e. The fourth-order valence-corrected chi connectivity index (χ4v) is 1.99. The zero-order valence-corrected chi connectivity index (χ0v) is 10.8. The second-order valence-electron chi connectivity index (χ2n) is 4.60. The summed E-state index contributed by atoms with van der Waals surface area (Å²) < 4.78 is 0. The molecule has 2 rings (SSSR count). The molecule has 1 saturated heterocycles. The molecule has 98 valence electrons. The zero-order chi connectivity index (χ0) is 13.1. The number of carbonyl (C=O) groups excluding carboxylic acids is 1. The molecule has 0 bridgehead atoms. The lowest BCUT2D eigenvalue weighted by atomic mass is 10.3. The number of rotatable bonds is 1. The van der Waals surface area contributed by atoms with Crippen LogP contribution in [0.15, 0.2) is 18.3 Å². The van der Waals surface area contributed by atoms with E-state index in [4.69, 9.17) is 5.73 Å². The van der Waals surface area contributed by atoms with Crippen molar-refractivity contribution >= 4 is 17.5 Å². The average molecular weight is 249 g/mol. The van der Waals surface area contributed by atoms with Gasteiger partial charge in [0, 0.05) is 40.3 Å². The summed E-state index contributed by atoms with van der Waals surface area (Å²) in [5.41, 5.74) is 6.28. The Morgan fingerprint density at radius 2 is 1.94 bits per heavy atom. The van der Waals surface area contributed by atoms with Gasteiger partial charge < -0.3 is 20.4 Å². The maximum atomic E-state index is 11.8. The van der Waals surface area contributed by atoms with E-state index in [-0.39, 0.29) is 6.03 Å². The minimum absolute atomic E-state index is 0.0694. The van der Waals surface area contributed by atoms with Gasteiger partial charge in [-0.2, -0.15) is 0 Å². The standard InChI is InChI=1S/C12H19N5O/c1-15(2)12(18)17-7-5-16(6-8-17)11-4-3-10(13)9-14-11/h3-4,9H,5-8,13H2,1-2H3. The Labute approximate surface area is 107 Å². The quantitative estimate of drug-likeness (QED) is 0.785. The number of anilines is 2. The number of carbonyl (C=O) groups is 1. The molecule has 1 aliphatic rings. The summed E-state index contributed by atoms with van der Waals surface area (Å²) in [7, 11) is 3.55. The maximum absolute atomic E-state index is 11.8. The van der Waals surface area contributed by atoms with Crippen LogP contribution < -0.4 is 10.6 Å². The molecule has 2 amide bonds. The van der Waals surface area contributed by atoms with Crippen molar-refractivity contribution in [3.63, 3.8) is 0 Å². The summed E-state index contributed by atoms with van der Waals surface area (Å²) in [6.45, 7) is 3.05. The van der Waals surface area contributed by atoms with Crippen molar-refractivity contribution in [1.29, 1.82) is 0 Å². The number of aromatic nitrogens is 1. The van der Waals surface area contributed by atoms with Gasteiger partial charge in [-0.05, 0) is 12.1 Å². The Hall–Kier alpha value is -1.98. The van der Waals surface area contributed by atoms with Gasteiger partial charge in [-0.25, -0.2) is 9.78 Å². The van der Waals surface area contributed by atoms with Gasteiger partial charge in [0.2, 0.25) is 0 Å². The summed E-state index contributed by atoms with van der Waals surface area (Å²) in [5, 5.41) is 0. The first kappa shape index (κ1) is 12.5. The summed E-state index contributed by atoms with van der Waals surface area (Å²) in [6, 6.07) is 3.83. The van der Waals surface area contributed by atoms with Crippen molar-refractivity contribution < 1.29 is 4.79 Å². The molecule has 6 nitrogen and oxygen atoms in total. The minimum atomic E-state index is 0.0694. The van der Waals surface area contributed by atoms with E-state index >= 15 is 0 Å². The van der Waals surface area contributed by atoms with Crippen LogP contribution in [0.1, 0.15) is 0 Å². The molecule has 18 heavy (non-hydrogen) atoms. The highest BCUT2D eigenvalue weighted by atomic mass is 16.2. The molecule has 6 heteroatoms. The van der Waals surface area contributed by atoms with Crippen LogP contribution in [0.4, 0.5) is 16.3 Å². The molecule has 2 heterocycles. The van der Waals surface area contributed by atoms with Gasteiger partial charge in [0.15, 0.2) is 0 Å². The van der Waals surface area contributed by atoms with Crippen molar-refractivity contribution in [2.75, 3.05) is 50.9 Å². The molecule has 0 atom stereocenters. The molecule has 1 aromatic rings. The van der Waals surface area contributed by atoms with Crippen LogP contribution in [0.5, 0.6) is 0 Å². The Bertz CT molecular complexity index is 409. The number of nitrogen functional groups attached to an aromatic ring is 1. The number of urea groups is 1. The number of nitrogens with two attached hydrogens (primary N) is 1. The predicted molar refractivity (Wildman–Crippen MR) is 71.5 cm³/mol. The first-order valence-corrected chi connectivity index (χ1v) is 6.00. The molecule has 1 fully saturated rings. The van der Waals surface area contributed by atoms with E-state index in [2.05, 4.69) is 9.88 Å². The molecule has 1 aromatic heterocycles. The summed E-state index contributed by atoms with van der Waals surface area (Å²) in [4.78, 5) is 21.7. The Kier molecular flexibility index (Phi) is 3.55. The van der Waals surface area contributed by atoms with Gasteiger partial charge >= 0.3 is 6.03 Å². The second-order valence-corrected chi connectivity index (χ2v) is 4.60. The van der Waals surface area contributed by atoms with Gasteiger partial charge in [-0.1, -0.05) is 0 Å². The topological polar surface area (TPSA) is 65.7 Å². The highest BCUT2D eigenvalue weighted by molar-refractivity contribution is 5.74. The van der Waals surface area contributed by atoms with Gasteiger partial charge in [0.1, 0.15) is 5.82 Å². The fraction of sp³-hybridized carbons (Fsp3) is 0.500. The van der Waals surface area contributed by atoms with Crippen LogP contribution in [-0.4, -0.2) is 61.1 Å². The van der Waals surface area contributed by atoms with Crippen LogP contribution >= 0.6 is 0 Å². The highest BCUT2D eigenvalue weighted by Gasteiger charge is 2.22. The van der Waals surface area contributed by atoms with Gasteiger partial charge in [-0.3, -0.25) is 0 Å². The van der Waals surface area contributed by atoms with Crippen LogP contribution in [0.3, 0.4) is 0 Å². The van der Waals surface area contributed by atoms with E-state index < -0.39 is 0 Å². The van der Waals surface area contributed by atoms with Gasteiger partial charge in [-0.15, -0.1) is 0 Å². The highest BCUT2D eigenvalue weighted by Crippen LogP contribution is 2.15. The van der Waals surface area contributed by atoms with E-state index in [1.165, 1.54) is 0 Å². The Balaban J connectivity index is 1.94. The van der Waals surface area contributed by atoms with Crippen molar-refractivity contribution in [2.45, 2.75) is 0 Å². The second kappa shape index (κ2) is 5.12. The summed E-state index contributed by atoms with van der Waals surface area (Å²) >= 11 is 0. The fourth-order valence-electron chi connectivity index (χ4n) is 1.99. The molecule has 1 aliphatic heterocycles. The lowest BCUT2D eigenvalue weighted by Crippen LogP contribution is -2.51. The molecule has 0 saturated carbocycles. The number of hydrogen-bond donors (Lipinski definition) is 1. The maximum Gasteiger partial charge on any atom is 0.319 e. The zero-order valence-electron chi connectivity index (χ0n) is 10.8. The van der Waals surface area contributed by atoms with E-state index in [1.807, 2.05) is 17.0 Å². The van der Waals surface area contributed by atoms with Crippen LogP contribution in [-0.2, 0) is 0 Å². The van der Waals surface area contributed by atoms with Gasteiger partial charge in [0.25, 0.3) is 0 Å². The van der Waals surface area contributed by atoms with Crippen molar-refractivity contribution in [2.24, 2.45) is 0 Å². The number of piperazine rings is 1. The van der Waals surface area contributed by atoms with E-state index in [9.17, 15) is 4.79 Å². The minimum Gasteiger partial charge on any atom is -0.397 e. The summed E-state index contributed by atoms with van der Waals surface area (Å²) in [5.74, 6) is 0.918. The van der Waals surface area contributed by atoms with E-state index in [0.29, 0.717) is 5.69 Å². The lowest BCUT2D eigenvalue weighted by Gasteiger charge is -2.36. The molecule has 0 aromatic carbocycles. The molecule has 0 spiro atoms. The number of nitrogens with zero attached hydrogens (tertiary/aromatic N) is 4. The average Bonchev–Trinajstić information content (AvgIpc) is 2.39. The predicted octanol–water partition coefficient (Wildman–Crippen LogP) is 0.467. The Morgan fingerprint density at radius 3 is 2.44 bits per heavy atom. The first-order valence-electron chi connectivity index (χ1n) is 6.00. The first-order chi connectivity index (χ1) is 8.58. The Morgan fingerprint density at radius 1 is 1.28 bits per heavy atom. The molecule has 0 aliphatic carbocycles. The van der Waals surface area contributed by atoms with Gasteiger partial charge in [0.05, 0.1) is 11.9 Å². The normalized spacial score (nSPS) is 15.7. The van der Waals surface area contributed by atoms with Crippen LogP contribution in [0, 0.1) is 0 Å².